The SMILES string of the molecule is [Zn+2].c1ccc2c(N=c3[n-]ccc4ccccc34)nccc2c1.c1cnc2c(c1)sc1ccc3c4ccccc4c4cc[n-]c4c3c12. The third kappa shape index (κ3) is 4.59. The summed E-state index contributed by atoms with van der Waals surface area (Å²) in [6.45, 7) is 0. The van der Waals surface area contributed by atoms with Crippen LogP contribution in [0.2, 0.25) is 0 Å². The van der Waals surface area contributed by atoms with Crippen molar-refractivity contribution in [1.82, 2.24) is 19.9 Å². The summed E-state index contributed by atoms with van der Waals surface area (Å²) in [6.07, 6.45) is 7.36. The van der Waals surface area contributed by atoms with Crippen molar-refractivity contribution < 1.29 is 19.5 Å². The van der Waals surface area contributed by atoms with Crippen molar-refractivity contribution in [3.05, 3.63) is 146 Å². The second kappa shape index (κ2) is 11.6. The van der Waals surface area contributed by atoms with Crippen molar-refractivity contribution in [3.63, 3.8) is 0 Å². The largest absolute Gasteiger partial charge is 2.00 e. The molecule has 212 valence electrons. The molecule has 7 heteroatoms. The zero-order chi connectivity index (χ0) is 29.7. The monoisotopic (exact) mass is 657 g/mol. The maximum Gasteiger partial charge on any atom is 2.00 e. The molecule has 10 aromatic rings. The van der Waals surface area contributed by atoms with Crippen molar-refractivity contribution in [2.24, 2.45) is 4.99 Å². The summed E-state index contributed by atoms with van der Waals surface area (Å²) in [5, 5.41) is 11.8. The minimum atomic E-state index is 0. The van der Waals surface area contributed by atoms with Gasteiger partial charge in [0, 0.05) is 27.9 Å². The molecule has 0 saturated carbocycles. The van der Waals surface area contributed by atoms with Crippen LogP contribution in [0.4, 0.5) is 5.82 Å². The minimum absolute atomic E-state index is 0. The number of fused-ring (bicyclic) bond motifs is 12. The van der Waals surface area contributed by atoms with Gasteiger partial charge in [0.1, 0.15) is 0 Å². The number of thiophene rings is 1. The predicted octanol–water partition coefficient (Wildman–Crippen LogP) is 9.44. The third-order valence-electron chi connectivity index (χ3n) is 8.36. The maximum absolute atomic E-state index is 4.71. The van der Waals surface area contributed by atoms with Crippen LogP contribution in [0.25, 0.3) is 74.3 Å². The number of nitrogens with zero attached hydrogens (tertiary/aromatic N) is 5. The molecule has 0 atom stereocenters. The summed E-state index contributed by atoms with van der Waals surface area (Å²) >= 11 is 1.80. The average molecular weight is 659 g/mol. The fourth-order valence-electron chi connectivity index (χ4n) is 6.34. The molecule has 46 heavy (non-hydrogen) atoms. The van der Waals surface area contributed by atoms with Gasteiger partial charge in [0.2, 0.25) is 0 Å². The fourth-order valence-corrected chi connectivity index (χ4v) is 7.42. The van der Waals surface area contributed by atoms with Crippen LogP contribution in [0.1, 0.15) is 0 Å². The van der Waals surface area contributed by atoms with Crippen molar-refractivity contribution >= 4 is 91.5 Å². The van der Waals surface area contributed by atoms with Gasteiger partial charge < -0.3 is 15.0 Å². The second-order valence-corrected chi connectivity index (χ2v) is 12.0. The van der Waals surface area contributed by atoms with Crippen molar-refractivity contribution in [1.29, 1.82) is 0 Å². The van der Waals surface area contributed by atoms with E-state index >= 15 is 0 Å². The molecule has 0 fully saturated rings. The predicted molar refractivity (Wildman–Crippen MR) is 187 cm³/mol. The Morgan fingerprint density at radius 3 is 2.07 bits per heavy atom. The first-order chi connectivity index (χ1) is 22.3. The quantitative estimate of drug-likeness (QED) is 0.130. The molecule has 5 heterocycles. The van der Waals surface area contributed by atoms with Crippen molar-refractivity contribution in [3.8, 4) is 0 Å². The van der Waals surface area contributed by atoms with Gasteiger partial charge in [-0.25, -0.2) is 0 Å². The minimum Gasteiger partial charge on any atom is -0.663 e. The van der Waals surface area contributed by atoms with Gasteiger partial charge in [-0.05, 0) is 72.8 Å². The average Bonchev–Trinajstić information content (AvgIpc) is 3.75. The first-order valence-corrected chi connectivity index (χ1v) is 15.6. The molecule has 5 aromatic carbocycles. The Labute approximate surface area is 280 Å². The maximum atomic E-state index is 4.71. The van der Waals surface area contributed by atoms with Crippen LogP contribution in [0.5, 0.6) is 0 Å². The van der Waals surface area contributed by atoms with E-state index in [-0.39, 0.29) is 19.5 Å². The van der Waals surface area contributed by atoms with E-state index in [1.54, 1.807) is 23.7 Å². The number of aromatic nitrogens is 4. The van der Waals surface area contributed by atoms with E-state index in [2.05, 4.69) is 80.6 Å². The van der Waals surface area contributed by atoms with Gasteiger partial charge in [0.25, 0.3) is 0 Å². The van der Waals surface area contributed by atoms with Crippen LogP contribution in [0.15, 0.2) is 145 Å². The van der Waals surface area contributed by atoms with Gasteiger partial charge in [-0.1, -0.05) is 97.2 Å². The van der Waals surface area contributed by atoms with Crippen LogP contribution < -0.4 is 15.5 Å². The van der Waals surface area contributed by atoms with Gasteiger partial charge in [0.05, 0.1) is 16.0 Å². The van der Waals surface area contributed by atoms with Crippen LogP contribution in [0, 0.1) is 0 Å². The Morgan fingerprint density at radius 1 is 0.500 bits per heavy atom. The van der Waals surface area contributed by atoms with Crippen molar-refractivity contribution in [2.45, 2.75) is 0 Å². The van der Waals surface area contributed by atoms with E-state index in [0.717, 1.165) is 32.6 Å². The molecule has 0 bridgehead atoms. The van der Waals surface area contributed by atoms with Crippen LogP contribution in [0.3, 0.4) is 0 Å². The molecular weight excluding hydrogens is 636 g/mol. The van der Waals surface area contributed by atoms with E-state index in [1.807, 2.05) is 67.0 Å². The smallest absolute Gasteiger partial charge is 0.663 e. The zero-order valence-corrected chi connectivity index (χ0v) is 28.4. The number of hydrogen-bond acceptors (Lipinski definition) is 4. The Kier molecular flexibility index (Phi) is 7.13. The van der Waals surface area contributed by atoms with E-state index in [4.69, 9.17) is 4.98 Å². The molecule has 0 aliphatic rings. The molecule has 0 aliphatic heterocycles. The van der Waals surface area contributed by atoms with Gasteiger partial charge in [-0.2, -0.15) is 6.20 Å². The summed E-state index contributed by atoms with van der Waals surface area (Å²) < 4.78 is 2.50. The summed E-state index contributed by atoms with van der Waals surface area (Å²) in [7, 11) is 0. The van der Waals surface area contributed by atoms with Gasteiger partial charge in [0.15, 0.2) is 0 Å². The van der Waals surface area contributed by atoms with Crippen LogP contribution in [-0.2, 0) is 19.5 Å². The van der Waals surface area contributed by atoms with Crippen molar-refractivity contribution in [2.75, 3.05) is 0 Å². The molecule has 10 rings (SSSR count). The van der Waals surface area contributed by atoms with Gasteiger partial charge >= 0.3 is 19.5 Å². The normalized spacial score (nSPS) is 11.9. The molecule has 0 spiro atoms. The van der Waals surface area contributed by atoms with Crippen LogP contribution >= 0.6 is 11.3 Å². The molecule has 0 amide bonds. The fraction of sp³-hybridized carbons (Fsp3) is 0. The topological polar surface area (TPSA) is 66.3 Å². The van der Waals surface area contributed by atoms with E-state index in [9.17, 15) is 0 Å². The van der Waals surface area contributed by atoms with E-state index in [1.165, 1.54) is 41.7 Å². The standard InChI is InChI=1S/C21H11N2S.C18H12N3.Zn/c1-2-5-13-12(4-1)14-7-8-16-19(18(14)20-15(13)9-11-23-20)21-17(24-16)6-3-10-22-21;1-3-7-15-13(5-1)9-11-19-17(15)21-18-16-8-4-2-6-14(16)10-12-20-18;/h1-11H;1-12H;/q2*-1;+2. The third-order valence-corrected chi connectivity index (χ3v) is 9.47. The molecule has 0 N–H and O–H groups in total. The Hall–Kier alpha value is -5.23. The number of rotatable bonds is 1. The first-order valence-electron chi connectivity index (χ1n) is 14.7. The summed E-state index contributed by atoms with van der Waals surface area (Å²) in [5.41, 5.74) is 2.87. The number of hydrogen-bond donors (Lipinski definition) is 0. The van der Waals surface area contributed by atoms with E-state index in [0.29, 0.717) is 11.3 Å². The summed E-state index contributed by atoms with van der Waals surface area (Å²) in [4.78, 5) is 22.9. The molecule has 5 nitrogen and oxygen atoms in total. The van der Waals surface area contributed by atoms with Gasteiger partial charge in [-0.3, -0.25) is 9.97 Å². The molecule has 0 unspecified atom stereocenters. The Bertz CT molecular complexity index is 2780. The molecular formula is C39H23N5SZn. The Morgan fingerprint density at radius 2 is 1.22 bits per heavy atom. The zero-order valence-electron chi connectivity index (χ0n) is 24.6. The summed E-state index contributed by atoms with van der Waals surface area (Å²) in [6, 6.07) is 39.6. The molecule has 5 aromatic heterocycles. The number of benzene rings is 5. The number of pyridine rings is 3. The molecule has 0 radical (unpaired) electrons. The molecule has 0 saturated heterocycles. The second-order valence-electron chi connectivity index (χ2n) is 10.9. The Balaban J connectivity index is 0.000000134. The first kappa shape index (κ1) is 28.3. The van der Waals surface area contributed by atoms with Gasteiger partial charge in [-0.15, -0.1) is 16.9 Å². The summed E-state index contributed by atoms with van der Waals surface area (Å²) in [5.74, 6) is 0.706. The van der Waals surface area contributed by atoms with Crippen LogP contribution in [-0.4, -0.2) is 9.97 Å². The molecule has 0 aliphatic carbocycles. The van der Waals surface area contributed by atoms with E-state index < -0.39 is 0 Å².